The van der Waals surface area contributed by atoms with Gasteiger partial charge < -0.3 is 0 Å². The van der Waals surface area contributed by atoms with Crippen molar-refractivity contribution < 1.29 is 0 Å². The summed E-state index contributed by atoms with van der Waals surface area (Å²) in [6, 6.07) is 11.0. The lowest BCUT2D eigenvalue weighted by atomic mass is 9.99. The molecule has 1 atom stereocenters. The molecule has 2 nitrogen and oxygen atoms in total. The fourth-order valence-corrected chi connectivity index (χ4v) is 3.75. The lowest BCUT2D eigenvalue weighted by molar-refractivity contribution is 0.493. The molecule has 19 heavy (non-hydrogen) atoms. The van der Waals surface area contributed by atoms with Gasteiger partial charge in [0.05, 0.1) is 0 Å². The summed E-state index contributed by atoms with van der Waals surface area (Å²) in [5.41, 5.74) is 5.71. The second-order valence-electron chi connectivity index (χ2n) is 4.72. The first kappa shape index (κ1) is 14.7. The SMILES string of the molecule is Cc1ccccc1CCC(Cc1sccc1Br)NN. The van der Waals surface area contributed by atoms with E-state index in [1.165, 1.54) is 20.5 Å². The topological polar surface area (TPSA) is 38.0 Å². The molecule has 0 radical (unpaired) electrons. The molecule has 1 heterocycles. The van der Waals surface area contributed by atoms with Crippen molar-refractivity contribution in [1.82, 2.24) is 5.43 Å². The molecule has 1 aromatic carbocycles. The van der Waals surface area contributed by atoms with Gasteiger partial charge in [0.25, 0.3) is 0 Å². The first-order valence-corrected chi connectivity index (χ1v) is 8.10. The van der Waals surface area contributed by atoms with Crippen LogP contribution in [0.5, 0.6) is 0 Å². The summed E-state index contributed by atoms with van der Waals surface area (Å²) in [5.74, 6) is 5.68. The average Bonchev–Trinajstić information content (AvgIpc) is 2.81. The van der Waals surface area contributed by atoms with E-state index in [0.717, 1.165) is 19.3 Å². The van der Waals surface area contributed by atoms with Crippen molar-refractivity contribution in [2.24, 2.45) is 5.84 Å². The van der Waals surface area contributed by atoms with Gasteiger partial charge in [-0.3, -0.25) is 11.3 Å². The fourth-order valence-electron chi connectivity index (χ4n) is 2.16. The highest BCUT2D eigenvalue weighted by molar-refractivity contribution is 9.10. The van der Waals surface area contributed by atoms with Gasteiger partial charge in [-0.15, -0.1) is 11.3 Å². The molecule has 2 aromatic rings. The van der Waals surface area contributed by atoms with E-state index >= 15 is 0 Å². The minimum absolute atomic E-state index is 0.314. The van der Waals surface area contributed by atoms with E-state index < -0.39 is 0 Å². The molecule has 102 valence electrons. The Balaban J connectivity index is 1.93. The van der Waals surface area contributed by atoms with Gasteiger partial charge in [-0.1, -0.05) is 24.3 Å². The standard InChI is InChI=1S/C15H19BrN2S/c1-11-4-2-3-5-12(11)6-7-13(18-17)10-15-14(16)8-9-19-15/h2-5,8-9,13,18H,6-7,10,17H2,1H3. The minimum Gasteiger partial charge on any atom is -0.271 e. The van der Waals surface area contributed by atoms with Crippen LogP contribution in [-0.4, -0.2) is 6.04 Å². The summed E-state index contributed by atoms with van der Waals surface area (Å²) in [5, 5.41) is 2.11. The van der Waals surface area contributed by atoms with Gasteiger partial charge in [0, 0.05) is 15.4 Å². The Morgan fingerprint density at radius 3 is 2.74 bits per heavy atom. The maximum atomic E-state index is 5.68. The highest BCUT2D eigenvalue weighted by Crippen LogP contribution is 2.24. The van der Waals surface area contributed by atoms with Gasteiger partial charge in [-0.05, 0) is 64.7 Å². The number of hydrogen-bond donors (Lipinski definition) is 2. The quantitative estimate of drug-likeness (QED) is 0.620. The zero-order chi connectivity index (χ0) is 13.7. The number of rotatable bonds is 6. The van der Waals surface area contributed by atoms with Crippen LogP contribution in [0.15, 0.2) is 40.2 Å². The number of nitrogens with two attached hydrogens (primary N) is 1. The van der Waals surface area contributed by atoms with Gasteiger partial charge >= 0.3 is 0 Å². The molecule has 1 aromatic heterocycles. The Morgan fingerprint density at radius 2 is 2.11 bits per heavy atom. The molecule has 2 rings (SSSR count). The van der Waals surface area contributed by atoms with Crippen LogP contribution in [0.25, 0.3) is 0 Å². The van der Waals surface area contributed by atoms with Crippen LogP contribution >= 0.6 is 27.3 Å². The van der Waals surface area contributed by atoms with Crippen LogP contribution in [0.2, 0.25) is 0 Å². The molecular formula is C15H19BrN2S. The Kier molecular flexibility index (Phi) is 5.58. The molecule has 0 saturated carbocycles. The minimum atomic E-state index is 0.314. The maximum absolute atomic E-state index is 5.68. The van der Waals surface area contributed by atoms with Crippen LogP contribution < -0.4 is 11.3 Å². The molecule has 4 heteroatoms. The van der Waals surface area contributed by atoms with Gasteiger partial charge in [0.15, 0.2) is 0 Å². The third kappa shape index (κ3) is 4.14. The molecule has 0 aliphatic carbocycles. The van der Waals surface area contributed by atoms with Crippen molar-refractivity contribution in [2.75, 3.05) is 0 Å². The fraction of sp³-hybridized carbons (Fsp3) is 0.333. The van der Waals surface area contributed by atoms with Crippen molar-refractivity contribution in [1.29, 1.82) is 0 Å². The zero-order valence-corrected chi connectivity index (χ0v) is 13.4. The van der Waals surface area contributed by atoms with E-state index in [4.69, 9.17) is 5.84 Å². The molecule has 0 spiro atoms. The van der Waals surface area contributed by atoms with E-state index in [1.54, 1.807) is 11.3 Å². The summed E-state index contributed by atoms with van der Waals surface area (Å²) in [4.78, 5) is 1.35. The number of nitrogens with one attached hydrogen (secondary N) is 1. The normalized spacial score (nSPS) is 12.6. The number of benzene rings is 1. The summed E-state index contributed by atoms with van der Waals surface area (Å²) >= 11 is 5.35. The second kappa shape index (κ2) is 7.20. The average molecular weight is 339 g/mol. The highest BCUT2D eigenvalue weighted by Gasteiger charge is 2.11. The Morgan fingerprint density at radius 1 is 1.32 bits per heavy atom. The molecule has 0 amide bonds. The maximum Gasteiger partial charge on any atom is 0.0314 e. The van der Waals surface area contributed by atoms with Crippen molar-refractivity contribution in [2.45, 2.75) is 32.2 Å². The van der Waals surface area contributed by atoms with Crippen molar-refractivity contribution >= 4 is 27.3 Å². The smallest absolute Gasteiger partial charge is 0.0314 e. The Labute approximate surface area is 127 Å². The van der Waals surface area contributed by atoms with E-state index in [2.05, 4.69) is 64.0 Å². The predicted octanol–water partition coefficient (Wildman–Crippen LogP) is 3.83. The lowest BCUT2D eigenvalue weighted by Crippen LogP contribution is -2.37. The van der Waals surface area contributed by atoms with Crippen LogP contribution in [-0.2, 0) is 12.8 Å². The Bertz CT molecular complexity index is 524. The molecule has 1 unspecified atom stereocenters. The third-order valence-corrected chi connectivity index (χ3v) is 5.33. The monoisotopic (exact) mass is 338 g/mol. The first-order chi connectivity index (χ1) is 9.20. The van der Waals surface area contributed by atoms with Gasteiger partial charge in [-0.25, -0.2) is 0 Å². The van der Waals surface area contributed by atoms with Gasteiger partial charge in [-0.2, -0.15) is 0 Å². The van der Waals surface area contributed by atoms with Crippen LogP contribution in [0, 0.1) is 6.92 Å². The molecule has 0 bridgehead atoms. The van der Waals surface area contributed by atoms with E-state index in [0.29, 0.717) is 6.04 Å². The zero-order valence-electron chi connectivity index (χ0n) is 11.0. The van der Waals surface area contributed by atoms with Crippen LogP contribution in [0.4, 0.5) is 0 Å². The molecule has 0 saturated heterocycles. The molecule has 0 aliphatic heterocycles. The van der Waals surface area contributed by atoms with Crippen molar-refractivity contribution in [3.05, 3.63) is 56.2 Å². The van der Waals surface area contributed by atoms with Crippen molar-refractivity contribution in [3.63, 3.8) is 0 Å². The Hall–Kier alpha value is -0.680. The lowest BCUT2D eigenvalue weighted by Gasteiger charge is -2.16. The second-order valence-corrected chi connectivity index (χ2v) is 6.58. The number of hydrogen-bond acceptors (Lipinski definition) is 3. The first-order valence-electron chi connectivity index (χ1n) is 6.43. The van der Waals surface area contributed by atoms with E-state index in [-0.39, 0.29) is 0 Å². The molecular weight excluding hydrogens is 320 g/mol. The van der Waals surface area contributed by atoms with Crippen molar-refractivity contribution in [3.8, 4) is 0 Å². The van der Waals surface area contributed by atoms with E-state index in [9.17, 15) is 0 Å². The molecule has 0 fully saturated rings. The highest BCUT2D eigenvalue weighted by atomic mass is 79.9. The van der Waals surface area contributed by atoms with Gasteiger partial charge in [0.2, 0.25) is 0 Å². The number of hydrazine groups is 1. The summed E-state index contributed by atoms with van der Waals surface area (Å²) in [6.07, 6.45) is 3.08. The molecule has 0 aliphatic rings. The summed E-state index contributed by atoms with van der Waals surface area (Å²) in [7, 11) is 0. The van der Waals surface area contributed by atoms with Crippen LogP contribution in [0.3, 0.4) is 0 Å². The summed E-state index contributed by atoms with van der Waals surface area (Å²) < 4.78 is 1.19. The third-order valence-electron chi connectivity index (χ3n) is 3.38. The number of aryl methyl sites for hydroxylation is 2. The van der Waals surface area contributed by atoms with E-state index in [1.807, 2.05) is 0 Å². The predicted molar refractivity (Wildman–Crippen MR) is 86.3 cm³/mol. The summed E-state index contributed by atoms with van der Waals surface area (Å²) in [6.45, 7) is 2.16. The molecule has 3 N–H and O–H groups in total. The number of halogens is 1. The largest absolute Gasteiger partial charge is 0.271 e. The van der Waals surface area contributed by atoms with Gasteiger partial charge in [0.1, 0.15) is 0 Å². The van der Waals surface area contributed by atoms with Crippen LogP contribution in [0.1, 0.15) is 22.4 Å². The number of thiophene rings is 1.